The maximum Gasteiger partial charge on any atom is 0.261 e. The van der Waals surface area contributed by atoms with Crippen molar-refractivity contribution in [2.45, 2.75) is 32.7 Å². The Morgan fingerprint density at radius 1 is 0.966 bits per heavy atom. The van der Waals surface area contributed by atoms with Crippen LogP contribution in [0.1, 0.15) is 62.8 Å². The predicted molar refractivity (Wildman–Crippen MR) is 110 cm³/mol. The van der Waals surface area contributed by atoms with Crippen LogP contribution in [-0.2, 0) is 11.3 Å². The molecule has 0 aromatic heterocycles. The summed E-state index contributed by atoms with van der Waals surface area (Å²) in [5.74, 6) is -0.783. The number of amides is 3. The van der Waals surface area contributed by atoms with Crippen LogP contribution in [0.15, 0.2) is 48.5 Å². The van der Waals surface area contributed by atoms with Gasteiger partial charge in [-0.25, -0.2) is 0 Å². The van der Waals surface area contributed by atoms with Crippen LogP contribution in [0, 0.1) is 0 Å². The summed E-state index contributed by atoms with van der Waals surface area (Å²) in [5.41, 5.74) is 2.08. The third-order valence-electron chi connectivity index (χ3n) is 4.80. The average Bonchev–Trinajstić information content (AvgIpc) is 2.98. The van der Waals surface area contributed by atoms with Crippen molar-refractivity contribution in [3.63, 3.8) is 0 Å². The quantitative estimate of drug-likeness (QED) is 0.495. The number of hydrogen-bond acceptors (Lipinski definition) is 4. The second-order valence-corrected chi connectivity index (χ2v) is 7.02. The average molecular weight is 394 g/mol. The van der Waals surface area contributed by atoms with Gasteiger partial charge in [0.15, 0.2) is 0 Å². The summed E-state index contributed by atoms with van der Waals surface area (Å²) >= 11 is 0. The largest absolute Gasteiger partial charge is 0.381 e. The van der Waals surface area contributed by atoms with Crippen molar-refractivity contribution >= 4 is 17.7 Å². The zero-order valence-electron chi connectivity index (χ0n) is 16.6. The molecule has 0 fully saturated rings. The van der Waals surface area contributed by atoms with E-state index >= 15 is 0 Å². The highest BCUT2D eigenvalue weighted by atomic mass is 16.5. The number of fused-ring (bicyclic) bond motifs is 1. The molecule has 29 heavy (non-hydrogen) atoms. The summed E-state index contributed by atoms with van der Waals surface area (Å²) in [6, 6.07) is 13.8. The first-order valence-corrected chi connectivity index (χ1v) is 10.0. The Kier molecular flexibility index (Phi) is 7.14. The number of carbonyl (C=O) groups excluding carboxylic acids is 3. The molecule has 0 aliphatic carbocycles. The molecule has 152 valence electrons. The van der Waals surface area contributed by atoms with E-state index < -0.39 is 0 Å². The molecule has 0 atom stereocenters. The molecule has 1 aliphatic rings. The molecular weight excluding hydrogens is 368 g/mol. The van der Waals surface area contributed by atoms with E-state index in [0.717, 1.165) is 31.4 Å². The summed E-state index contributed by atoms with van der Waals surface area (Å²) in [7, 11) is 0. The van der Waals surface area contributed by atoms with E-state index in [1.165, 1.54) is 4.90 Å². The van der Waals surface area contributed by atoms with Gasteiger partial charge in [0.2, 0.25) is 0 Å². The summed E-state index contributed by atoms with van der Waals surface area (Å²) in [6.45, 7) is 4.17. The van der Waals surface area contributed by atoms with Crippen molar-refractivity contribution in [3.8, 4) is 0 Å². The fraction of sp³-hybridized carbons (Fsp3) is 0.348. The van der Waals surface area contributed by atoms with Crippen LogP contribution in [0.4, 0.5) is 0 Å². The highest BCUT2D eigenvalue weighted by Crippen LogP contribution is 2.24. The van der Waals surface area contributed by atoms with Crippen molar-refractivity contribution in [2.75, 3.05) is 19.8 Å². The molecule has 0 bridgehead atoms. The molecule has 0 unspecified atom stereocenters. The molecule has 0 saturated carbocycles. The van der Waals surface area contributed by atoms with Crippen LogP contribution in [0.25, 0.3) is 0 Å². The third kappa shape index (κ3) is 5.09. The van der Waals surface area contributed by atoms with Gasteiger partial charge in [0, 0.05) is 25.3 Å². The number of carbonyl (C=O) groups is 3. The highest BCUT2D eigenvalue weighted by molar-refractivity contribution is 6.21. The first kappa shape index (κ1) is 20.7. The predicted octanol–water partition coefficient (Wildman–Crippen LogP) is 3.42. The van der Waals surface area contributed by atoms with Crippen LogP contribution in [0.3, 0.4) is 0 Å². The zero-order chi connectivity index (χ0) is 20.6. The molecular formula is C23H26N2O4. The van der Waals surface area contributed by atoms with Gasteiger partial charge in [0.1, 0.15) is 0 Å². The molecule has 0 saturated heterocycles. The van der Waals surface area contributed by atoms with Crippen LogP contribution in [0.2, 0.25) is 0 Å². The molecule has 0 radical (unpaired) electrons. The Hall–Kier alpha value is -2.99. The lowest BCUT2D eigenvalue weighted by atomic mass is 10.1. The van der Waals surface area contributed by atoms with Crippen molar-refractivity contribution in [3.05, 3.63) is 70.8 Å². The van der Waals surface area contributed by atoms with Crippen molar-refractivity contribution < 1.29 is 19.1 Å². The van der Waals surface area contributed by atoms with E-state index in [2.05, 4.69) is 12.2 Å². The van der Waals surface area contributed by atoms with Crippen molar-refractivity contribution in [1.29, 1.82) is 0 Å². The maximum absolute atomic E-state index is 12.5. The SMILES string of the molecule is CCCCOCCCNC(=O)c1cccc(CN2C(=O)c3ccccc3C2=O)c1. The first-order chi connectivity index (χ1) is 14.1. The minimum Gasteiger partial charge on any atom is -0.381 e. The van der Waals surface area contributed by atoms with E-state index in [9.17, 15) is 14.4 Å². The van der Waals surface area contributed by atoms with Gasteiger partial charge in [-0.15, -0.1) is 0 Å². The molecule has 3 amide bonds. The Bertz CT molecular complexity index is 859. The molecule has 2 aromatic rings. The Labute approximate surface area is 170 Å². The summed E-state index contributed by atoms with van der Waals surface area (Å²) in [5, 5.41) is 2.88. The molecule has 1 N–H and O–H groups in total. The lowest BCUT2D eigenvalue weighted by Crippen LogP contribution is -2.29. The molecule has 3 rings (SSSR count). The molecule has 1 heterocycles. The number of rotatable bonds is 10. The summed E-state index contributed by atoms with van der Waals surface area (Å²) in [6.07, 6.45) is 2.91. The van der Waals surface area contributed by atoms with Gasteiger partial charge in [-0.3, -0.25) is 19.3 Å². The first-order valence-electron chi connectivity index (χ1n) is 10.0. The normalized spacial score (nSPS) is 12.9. The Balaban J connectivity index is 1.54. The molecule has 2 aromatic carbocycles. The maximum atomic E-state index is 12.5. The van der Waals surface area contributed by atoms with E-state index in [0.29, 0.717) is 29.8 Å². The van der Waals surface area contributed by atoms with Gasteiger partial charge in [-0.05, 0) is 42.7 Å². The van der Waals surface area contributed by atoms with Gasteiger partial charge in [0.05, 0.1) is 17.7 Å². The second-order valence-electron chi connectivity index (χ2n) is 7.02. The number of unbranched alkanes of at least 4 members (excludes halogenated alkanes) is 1. The highest BCUT2D eigenvalue weighted by Gasteiger charge is 2.34. The number of nitrogens with zero attached hydrogens (tertiary/aromatic N) is 1. The lowest BCUT2D eigenvalue weighted by molar-refractivity contribution is 0.0642. The minimum atomic E-state index is -0.302. The lowest BCUT2D eigenvalue weighted by Gasteiger charge is -2.14. The number of hydrogen-bond donors (Lipinski definition) is 1. The fourth-order valence-corrected chi connectivity index (χ4v) is 3.20. The minimum absolute atomic E-state index is 0.138. The van der Waals surface area contributed by atoms with Crippen LogP contribution in [0.5, 0.6) is 0 Å². The van der Waals surface area contributed by atoms with Crippen molar-refractivity contribution in [2.24, 2.45) is 0 Å². The topological polar surface area (TPSA) is 75.7 Å². The van der Waals surface area contributed by atoms with Gasteiger partial charge in [-0.2, -0.15) is 0 Å². The number of benzene rings is 2. The Morgan fingerprint density at radius 3 is 2.34 bits per heavy atom. The number of nitrogens with one attached hydrogen (secondary N) is 1. The van der Waals surface area contributed by atoms with Crippen LogP contribution >= 0.6 is 0 Å². The van der Waals surface area contributed by atoms with E-state index in [1.807, 2.05) is 6.07 Å². The monoisotopic (exact) mass is 394 g/mol. The van der Waals surface area contributed by atoms with Crippen LogP contribution < -0.4 is 5.32 Å². The van der Waals surface area contributed by atoms with E-state index in [1.54, 1.807) is 42.5 Å². The Morgan fingerprint density at radius 2 is 1.66 bits per heavy atom. The summed E-state index contributed by atoms with van der Waals surface area (Å²) in [4.78, 5) is 38.6. The smallest absolute Gasteiger partial charge is 0.261 e. The van der Waals surface area contributed by atoms with Gasteiger partial charge in [-0.1, -0.05) is 37.6 Å². The molecule has 6 nitrogen and oxygen atoms in total. The number of ether oxygens (including phenoxy) is 1. The third-order valence-corrected chi connectivity index (χ3v) is 4.80. The number of imide groups is 1. The van der Waals surface area contributed by atoms with Gasteiger partial charge in [0.25, 0.3) is 17.7 Å². The van der Waals surface area contributed by atoms with Gasteiger partial charge >= 0.3 is 0 Å². The molecule has 6 heteroatoms. The fourth-order valence-electron chi connectivity index (χ4n) is 3.20. The van der Waals surface area contributed by atoms with Crippen molar-refractivity contribution in [1.82, 2.24) is 10.2 Å². The van der Waals surface area contributed by atoms with E-state index in [4.69, 9.17) is 4.74 Å². The standard InChI is InChI=1S/C23H26N2O4/c1-2-3-13-29-14-7-12-24-21(26)18-9-6-8-17(15-18)16-25-22(27)19-10-4-5-11-20(19)23(25)28/h4-6,8-11,15H,2-3,7,12-14,16H2,1H3,(H,24,26). The van der Waals surface area contributed by atoms with E-state index in [-0.39, 0.29) is 24.3 Å². The van der Waals surface area contributed by atoms with Crippen LogP contribution in [-0.4, -0.2) is 42.4 Å². The second kappa shape index (κ2) is 9.98. The molecule has 0 spiro atoms. The summed E-state index contributed by atoms with van der Waals surface area (Å²) < 4.78 is 5.48. The van der Waals surface area contributed by atoms with Gasteiger partial charge < -0.3 is 10.1 Å². The molecule has 1 aliphatic heterocycles. The zero-order valence-corrected chi connectivity index (χ0v) is 16.6.